The summed E-state index contributed by atoms with van der Waals surface area (Å²) >= 11 is 0. The lowest BCUT2D eigenvalue weighted by molar-refractivity contribution is -0.523. The molecule has 1 aliphatic rings. The number of hydrogen-bond acceptors (Lipinski definition) is 9. The lowest BCUT2D eigenvalue weighted by Gasteiger charge is -2.25. The van der Waals surface area contributed by atoms with Crippen molar-refractivity contribution in [1.29, 1.82) is 0 Å². The molecule has 55 heavy (non-hydrogen) atoms. The van der Waals surface area contributed by atoms with E-state index in [9.17, 15) is 25.3 Å². The van der Waals surface area contributed by atoms with Crippen molar-refractivity contribution in [2.24, 2.45) is 0 Å². The number of unbranched alkanes of at least 4 members (excludes halogenated alkanes) is 1. The molecule has 4 rings (SSSR count). The Balaban J connectivity index is 1.98. The minimum Gasteiger partial charge on any atom is -0.385 e. The van der Waals surface area contributed by atoms with Crippen LogP contribution in [0.3, 0.4) is 0 Å². The number of sulfonamides is 2. The van der Waals surface area contributed by atoms with E-state index in [1.165, 1.54) is 6.07 Å². The third kappa shape index (κ3) is 11.7. The molecule has 3 aromatic rings. The van der Waals surface area contributed by atoms with Crippen LogP contribution >= 0.6 is 0 Å². The van der Waals surface area contributed by atoms with Crippen LogP contribution in [0.1, 0.15) is 58.6 Å². The van der Waals surface area contributed by atoms with Crippen LogP contribution < -0.4 is 18.5 Å². The number of anilines is 2. The first-order chi connectivity index (χ1) is 25.9. The molecule has 0 spiro atoms. The molecule has 1 aliphatic carbocycles. The first-order valence-electron chi connectivity index (χ1n) is 18.2. The van der Waals surface area contributed by atoms with Crippen molar-refractivity contribution in [3.05, 3.63) is 95.6 Å². The Morgan fingerprint density at radius 3 is 2.04 bits per heavy atom. The van der Waals surface area contributed by atoms with Crippen molar-refractivity contribution < 1.29 is 42.8 Å². The Kier molecular flexibility index (Phi) is 14.4. The van der Waals surface area contributed by atoms with Crippen molar-refractivity contribution in [3.63, 3.8) is 0 Å². The molecule has 0 heterocycles. The van der Waals surface area contributed by atoms with Crippen molar-refractivity contribution in [3.8, 4) is 5.75 Å². The summed E-state index contributed by atoms with van der Waals surface area (Å²) in [5.74, 6) is -8.79. The zero-order valence-electron chi connectivity index (χ0n) is 32.1. The van der Waals surface area contributed by atoms with Gasteiger partial charge in [-0.1, -0.05) is 43.7 Å². The molecule has 0 fully saturated rings. The fraction of sp³-hybridized carbons (Fsp3) is 0.410. The predicted molar refractivity (Wildman–Crippen MR) is 219 cm³/mol. The topological polar surface area (TPSA) is 142 Å². The fourth-order valence-electron chi connectivity index (χ4n) is 6.55. The van der Waals surface area contributed by atoms with Crippen molar-refractivity contribution in [2.45, 2.75) is 53.4 Å². The molecule has 3 aromatic carbocycles. The lowest BCUT2D eigenvalue weighted by atomic mass is 9.87. The largest absolute Gasteiger partial charge is 0.385 e. The molecular formula is C39H51F2N4O7S3+. The van der Waals surface area contributed by atoms with Gasteiger partial charge >= 0.3 is 10.1 Å². The standard InChI is InChI=1S/C39H50F2N4O7S3/c1-7-12-25-45(11-5)30-19-17-29(18-20-30)38(34-23-24-36(42-8-2)33-16-14-13-15-32(33)34)35-22-21-31(44(9-3)10-4)26-37(35)52-55(50,51)28-39(40,41)27-54(48,49)43-53(6,46)47/h13-24,26,43H,7-12,25,27-28H2,1-6H3/p+1. The van der Waals surface area contributed by atoms with Gasteiger partial charge in [-0.05, 0) is 74.6 Å². The van der Waals surface area contributed by atoms with Crippen molar-refractivity contribution >= 4 is 63.6 Å². The normalized spacial score (nSPS) is 13.7. The van der Waals surface area contributed by atoms with E-state index in [0.717, 1.165) is 57.8 Å². The van der Waals surface area contributed by atoms with E-state index in [1.807, 2.05) is 92.4 Å². The molecule has 2 N–H and O–H groups in total. The van der Waals surface area contributed by atoms with E-state index in [0.29, 0.717) is 48.3 Å². The molecule has 0 amide bonds. The molecule has 0 saturated carbocycles. The van der Waals surface area contributed by atoms with Gasteiger partial charge in [-0.15, -0.1) is 4.13 Å². The van der Waals surface area contributed by atoms with Gasteiger partial charge in [0.05, 0.1) is 6.26 Å². The van der Waals surface area contributed by atoms with Gasteiger partial charge in [0.25, 0.3) is 5.92 Å². The highest BCUT2D eigenvalue weighted by Gasteiger charge is 2.42. The summed E-state index contributed by atoms with van der Waals surface area (Å²) < 4.78 is 114. The van der Waals surface area contributed by atoms with Crippen LogP contribution in [0.5, 0.6) is 5.75 Å². The molecule has 0 bridgehead atoms. The SMILES string of the molecule is CCCC[N+](CC)=C1C=CC(=C(c2ccc(N(CC)CC)cc2OS(=O)(=O)CC(F)(F)CS(=O)(=O)NS(C)(=O)=O)c2ccc(NCC)c3ccccc23)C=C1. The highest BCUT2D eigenvalue weighted by atomic mass is 32.3. The first-order valence-corrected chi connectivity index (χ1v) is 23.4. The number of nitrogens with zero attached hydrogens (tertiary/aromatic N) is 2. The van der Waals surface area contributed by atoms with Gasteiger partial charge in [0, 0.05) is 72.2 Å². The molecule has 0 atom stereocenters. The van der Waals surface area contributed by atoms with Gasteiger partial charge < -0.3 is 14.4 Å². The van der Waals surface area contributed by atoms with Crippen LogP contribution in [0.15, 0.2) is 84.5 Å². The average molecular weight is 822 g/mol. The predicted octanol–water partition coefficient (Wildman–Crippen LogP) is 6.54. The van der Waals surface area contributed by atoms with Crippen LogP contribution in [0.2, 0.25) is 0 Å². The van der Waals surface area contributed by atoms with Crippen LogP contribution in [-0.4, -0.2) is 91.9 Å². The zero-order valence-corrected chi connectivity index (χ0v) is 34.6. The summed E-state index contributed by atoms with van der Waals surface area (Å²) in [6.07, 6.45) is 10.4. The Morgan fingerprint density at radius 1 is 0.818 bits per heavy atom. The Labute approximate surface area is 324 Å². The number of hydrogen-bond donors (Lipinski definition) is 2. The molecule has 0 radical (unpaired) electrons. The third-order valence-electron chi connectivity index (χ3n) is 8.89. The Morgan fingerprint density at radius 2 is 1.45 bits per heavy atom. The van der Waals surface area contributed by atoms with Gasteiger partial charge in [-0.3, -0.25) is 0 Å². The van der Waals surface area contributed by atoms with Crippen LogP contribution in [-0.2, 0) is 30.2 Å². The molecule has 16 heteroatoms. The van der Waals surface area contributed by atoms with Crippen LogP contribution in [0, 0.1) is 0 Å². The number of halogens is 2. The van der Waals surface area contributed by atoms with Crippen LogP contribution in [0.4, 0.5) is 20.2 Å². The number of fused-ring (bicyclic) bond motifs is 1. The average Bonchev–Trinajstić information content (AvgIpc) is 3.09. The fourth-order valence-corrected chi connectivity index (χ4v) is 10.5. The minimum atomic E-state index is -5.21. The van der Waals surface area contributed by atoms with E-state index < -0.39 is 47.6 Å². The number of alkyl halides is 2. The van der Waals surface area contributed by atoms with E-state index >= 15 is 8.78 Å². The van der Waals surface area contributed by atoms with Gasteiger partial charge in [0.1, 0.15) is 18.8 Å². The monoisotopic (exact) mass is 821 g/mol. The lowest BCUT2D eigenvalue weighted by Crippen LogP contribution is -2.42. The van der Waals surface area contributed by atoms with Crippen LogP contribution in [0.25, 0.3) is 16.3 Å². The molecular weight excluding hydrogens is 771 g/mol. The first kappa shape index (κ1) is 43.6. The second-order valence-electron chi connectivity index (χ2n) is 13.2. The maximum atomic E-state index is 15.2. The quantitative estimate of drug-likeness (QED) is 0.102. The summed E-state index contributed by atoms with van der Waals surface area (Å²) in [7, 11) is -14.8. The van der Waals surface area contributed by atoms with Gasteiger partial charge in [-0.25, -0.2) is 30.2 Å². The van der Waals surface area contributed by atoms with E-state index in [2.05, 4.69) is 23.7 Å². The molecule has 0 unspecified atom stereocenters. The Bertz CT molecular complexity index is 2320. The smallest absolute Gasteiger partial charge is 0.315 e. The second kappa shape index (κ2) is 18.2. The van der Waals surface area contributed by atoms with Gasteiger partial charge in [0.2, 0.25) is 20.0 Å². The number of nitrogens with one attached hydrogen (secondary N) is 2. The summed E-state index contributed by atoms with van der Waals surface area (Å²) in [5.41, 5.74) is 4.77. The van der Waals surface area contributed by atoms with E-state index in [1.54, 1.807) is 6.07 Å². The minimum absolute atomic E-state index is 0.241. The highest BCUT2D eigenvalue weighted by molar-refractivity contribution is 8.04. The third-order valence-corrected chi connectivity index (χ3v) is 13.1. The molecule has 11 nitrogen and oxygen atoms in total. The highest BCUT2D eigenvalue weighted by Crippen LogP contribution is 2.42. The van der Waals surface area contributed by atoms with Crippen molar-refractivity contribution in [1.82, 2.24) is 4.13 Å². The maximum Gasteiger partial charge on any atom is 0.315 e. The summed E-state index contributed by atoms with van der Waals surface area (Å²) in [5, 5.41) is 5.14. The summed E-state index contributed by atoms with van der Waals surface area (Å²) in [4.78, 5) is 1.94. The zero-order chi connectivity index (χ0) is 40.6. The van der Waals surface area contributed by atoms with E-state index in [-0.39, 0.29) is 5.75 Å². The maximum absolute atomic E-state index is 15.2. The summed E-state index contributed by atoms with van der Waals surface area (Å²) in [6, 6.07) is 16.6. The molecule has 0 aliphatic heterocycles. The molecule has 0 aromatic heterocycles. The van der Waals surface area contributed by atoms with Gasteiger partial charge in [-0.2, -0.15) is 8.42 Å². The number of benzene rings is 3. The Hall–Kier alpha value is -4.12. The number of allylic oxidation sites excluding steroid dienone is 5. The molecule has 0 saturated heterocycles. The second-order valence-corrected chi connectivity index (χ2v) is 18.5. The van der Waals surface area contributed by atoms with Gasteiger partial charge in [0.15, 0.2) is 17.2 Å². The van der Waals surface area contributed by atoms with E-state index in [4.69, 9.17) is 4.18 Å². The van der Waals surface area contributed by atoms with Crippen molar-refractivity contribution in [2.75, 3.05) is 60.7 Å². The summed E-state index contributed by atoms with van der Waals surface area (Å²) in [6.45, 7) is 13.5. The molecule has 300 valence electrons. The number of rotatable bonds is 19.